The lowest BCUT2D eigenvalue weighted by Crippen LogP contribution is -2.33. The van der Waals surface area contributed by atoms with E-state index in [1.54, 1.807) is 16.7 Å². The van der Waals surface area contributed by atoms with Gasteiger partial charge in [-0.2, -0.15) is 0 Å². The van der Waals surface area contributed by atoms with Gasteiger partial charge in [0.05, 0.1) is 0 Å². The van der Waals surface area contributed by atoms with Gasteiger partial charge < -0.3 is 0 Å². The zero-order chi connectivity index (χ0) is 19.2. The number of benzene rings is 2. The van der Waals surface area contributed by atoms with Crippen molar-refractivity contribution in [1.82, 2.24) is 0 Å². The molecule has 27 heavy (non-hydrogen) atoms. The molecule has 0 nitrogen and oxygen atoms in total. The van der Waals surface area contributed by atoms with E-state index in [0.717, 1.165) is 17.8 Å². The van der Waals surface area contributed by atoms with Crippen molar-refractivity contribution in [3.63, 3.8) is 0 Å². The normalized spacial score (nSPS) is 25.4. The van der Waals surface area contributed by atoms with Crippen molar-refractivity contribution in [3.05, 3.63) is 53.1 Å². The maximum absolute atomic E-state index is 2.60. The minimum Gasteiger partial charge on any atom is -0.0798 e. The van der Waals surface area contributed by atoms with Gasteiger partial charge in [-0.15, -0.1) is 0 Å². The van der Waals surface area contributed by atoms with Gasteiger partial charge in [-0.05, 0) is 82.4 Å². The van der Waals surface area contributed by atoms with Crippen LogP contribution in [0.3, 0.4) is 0 Å². The number of hydrogen-bond acceptors (Lipinski definition) is 0. The molecule has 0 aromatic heterocycles. The van der Waals surface area contributed by atoms with E-state index >= 15 is 0 Å². The number of aryl methyl sites for hydroxylation is 2. The van der Waals surface area contributed by atoms with Crippen molar-refractivity contribution in [2.45, 2.75) is 73.1 Å². The van der Waals surface area contributed by atoms with Gasteiger partial charge in [0, 0.05) is 0 Å². The summed E-state index contributed by atoms with van der Waals surface area (Å²) >= 11 is 0. The maximum Gasteiger partial charge on any atom is -0.00355 e. The van der Waals surface area contributed by atoms with Gasteiger partial charge >= 0.3 is 0 Å². The van der Waals surface area contributed by atoms with Crippen molar-refractivity contribution >= 4 is 16.3 Å². The van der Waals surface area contributed by atoms with E-state index in [-0.39, 0.29) is 0 Å². The third-order valence-corrected chi connectivity index (χ3v) is 7.68. The minimum absolute atomic E-state index is 0.376. The summed E-state index contributed by atoms with van der Waals surface area (Å²) in [6.45, 7) is 12.1. The molecule has 0 heterocycles. The highest BCUT2D eigenvalue weighted by molar-refractivity contribution is 5.94. The molecule has 2 aromatic rings. The maximum atomic E-state index is 2.60. The molecule has 0 saturated heterocycles. The van der Waals surface area contributed by atoms with Crippen molar-refractivity contribution < 1.29 is 0 Å². The Morgan fingerprint density at radius 3 is 2.67 bits per heavy atom. The Morgan fingerprint density at radius 1 is 1.07 bits per heavy atom. The predicted octanol–water partition coefficient (Wildman–Crippen LogP) is 7.97. The molecule has 4 rings (SSSR count). The molecular formula is C27H36. The van der Waals surface area contributed by atoms with E-state index in [1.807, 2.05) is 0 Å². The second kappa shape index (κ2) is 7.12. The van der Waals surface area contributed by atoms with E-state index in [9.17, 15) is 0 Å². The van der Waals surface area contributed by atoms with Crippen LogP contribution >= 0.6 is 0 Å². The average molecular weight is 361 g/mol. The Kier molecular flexibility index (Phi) is 4.95. The first kappa shape index (κ1) is 18.8. The monoisotopic (exact) mass is 360 g/mol. The van der Waals surface area contributed by atoms with Gasteiger partial charge in [0.2, 0.25) is 0 Å². The third-order valence-electron chi connectivity index (χ3n) is 7.68. The number of allylic oxidation sites excluding steroid dienone is 2. The molecular weight excluding hydrogens is 324 g/mol. The first-order chi connectivity index (χ1) is 12.9. The van der Waals surface area contributed by atoms with Gasteiger partial charge in [-0.25, -0.2) is 0 Å². The third kappa shape index (κ3) is 3.16. The second-order valence-corrected chi connectivity index (χ2v) is 9.94. The molecule has 0 aliphatic heterocycles. The lowest BCUT2D eigenvalue weighted by atomic mass is 9.61. The Morgan fingerprint density at radius 2 is 1.89 bits per heavy atom. The molecule has 0 unspecified atom stereocenters. The van der Waals surface area contributed by atoms with Gasteiger partial charge in [0.15, 0.2) is 0 Å². The van der Waals surface area contributed by atoms with Crippen molar-refractivity contribution in [1.29, 1.82) is 0 Å². The largest absolute Gasteiger partial charge is 0.0798 e. The smallest absolute Gasteiger partial charge is 0.00355 e. The lowest BCUT2D eigenvalue weighted by Gasteiger charge is -2.42. The van der Waals surface area contributed by atoms with Crippen LogP contribution in [-0.2, 0) is 6.42 Å². The van der Waals surface area contributed by atoms with E-state index in [2.05, 4.69) is 71.0 Å². The minimum atomic E-state index is 0.376. The molecule has 0 fully saturated rings. The summed E-state index contributed by atoms with van der Waals surface area (Å²) < 4.78 is 0. The van der Waals surface area contributed by atoms with Crippen LogP contribution in [0.4, 0.5) is 0 Å². The summed E-state index contributed by atoms with van der Waals surface area (Å²) in [4.78, 5) is 0. The van der Waals surface area contributed by atoms with Crippen LogP contribution in [0.5, 0.6) is 0 Å². The Labute approximate surface area is 166 Å². The molecule has 0 saturated carbocycles. The Bertz CT molecular complexity index is 869. The zero-order valence-corrected chi connectivity index (χ0v) is 17.9. The molecule has 2 aliphatic rings. The standard InChI is InChI=1S/C27H36/c1-18(2)8-6-9-19(3)24-14-15-25-22-13-12-21-11-7-10-20(4)26(21)23(22)16-17-27(24,25)5/h7,10-13,15,18-19,24H,6,8-9,14,16-17H2,1-5H3/t19-,24-,27-/m1/s1. The zero-order valence-electron chi connectivity index (χ0n) is 17.9. The highest BCUT2D eigenvalue weighted by Gasteiger charge is 2.46. The van der Waals surface area contributed by atoms with Crippen LogP contribution in [0.15, 0.2) is 36.4 Å². The molecule has 0 amide bonds. The number of fused-ring (bicyclic) bond motifs is 5. The summed E-state index contributed by atoms with van der Waals surface area (Å²) in [5.41, 5.74) is 6.64. The SMILES string of the molecule is Cc1cccc2ccc3c(c12)CC[C@@]1(C)C3=CC[C@@H]1[C@H](C)CCCC(C)C. The van der Waals surface area contributed by atoms with Crippen LogP contribution in [0.2, 0.25) is 0 Å². The molecule has 0 radical (unpaired) electrons. The van der Waals surface area contributed by atoms with Crippen molar-refractivity contribution in [3.8, 4) is 0 Å². The molecule has 2 aromatic carbocycles. The summed E-state index contributed by atoms with van der Waals surface area (Å²) in [7, 11) is 0. The summed E-state index contributed by atoms with van der Waals surface area (Å²) in [5.74, 6) is 2.48. The summed E-state index contributed by atoms with van der Waals surface area (Å²) in [5, 5.41) is 2.93. The fraction of sp³-hybridized carbons (Fsp3) is 0.556. The molecule has 144 valence electrons. The van der Waals surface area contributed by atoms with Crippen LogP contribution < -0.4 is 0 Å². The molecule has 3 atom stereocenters. The van der Waals surface area contributed by atoms with Gasteiger partial charge in [-0.1, -0.05) is 83.4 Å². The molecule has 2 aliphatic carbocycles. The van der Waals surface area contributed by atoms with Crippen LogP contribution in [0.1, 0.15) is 76.5 Å². The Hall–Kier alpha value is -1.56. The highest BCUT2D eigenvalue weighted by atomic mass is 14.5. The van der Waals surface area contributed by atoms with Crippen LogP contribution in [0.25, 0.3) is 16.3 Å². The molecule has 0 spiro atoms. The van der Waals surface area contributed by atoms with Gasteiger partial charge in [0.1, 0.15) is 0 Å². The first-order valence-corrected chi connectivity index (χ1v) is 11.1. The first-order valence-electron chi connectivity index (χ1n) is 11.1. The fourth-order valence-corrected chi connectivity index (χ4v) is 6.13. The van der Waals surface area contributed by atoms with E-state index < -0.39 is 0 Å². The average Bonchev–Trinajstić information content (AvgIpc) is 2.98. The summed E-state index contributed by atoms with van der Waals surface area (Å²) in [6.07, 6.45) is 10.6. The topological polar surface area (TPSA) is 0 Å². The van der Waals surface area contributed by atoms with Crippen molar-refractivity contribution in [2.24, 2.45) is 23.2 Å². The molecule has 0 bridgehead atoms. The predicted molar refractivity (Wildman–Crippen MR) is 119 cm³/mol. The lowest BCUT2D eigenvalue weighted by molar-refractivity contribution is 0.179. The van der Waals surface area contributed by atoms with Crippen molar-refractivity contribution in [2.75, 3.05) is 0 Å². The quantitative estimate of drug-likeness (QED) is 0.507. The van der Waals surface area contributed by atoms with E-state index in [1.165, 1.54) is 54.9 Å². The number of hydrogen-bond donors (Lipinski definition) is 0. The van der Waals surface area contributed by atoms with Gasteiger partial charge in [-0.3, -0.25) is 0 Å². The highest BCUT2D eigenvalue weighted by Crippen LogP contribution is 2.58. The molecule has 0 N–H and O–H groups in total. The molecule has 0 heteroatoms. The van der Waals surface area contributed by atoms with E-state index in [0.29, 0.717) is 5.41 Å². The second-order valence-electron chi connectivity index (χ2n) is 9.94. The van der Waals surface area contributed by atoms with Crippen LogP contribution in [0, 0.1) is 30.1 Å². The fourth-order valence-electron chi connectivity index (χ4n) is 6.13. The number of rotatable bonds is 5. The van der Waals surface area contributed by atoms with E-state index in [4.69, 9.17) is 0 Å². The summed E-state index contributed by atoms with van der Waals surface area (Å²) in [6, 6.07) is 11.5. The van der Waals surface area contributed by atoms with Gasteiger partial charge in [0.25, 0.3) is 0 Å². The Balaban J connectivity index is 1.64. The van der Waals surface area contributed by atoms with Crippen LogP contribution in [-0.4, -0.2) is 0 Å².